The Morgan fingerprint density at radius 1 is 1.09 bits per heavy atom. The van der Waals surface area contributed by atoms with Crippen molar-refractivity contribution >= 4 is 29.3 Å². The number of phenols is 2. The van der Waals surface area contributed by atoms with Gasteiger partial charge in [-0.15, -0.1) is 0 Å². The van der Waals surface area contributed by atoms with Gasteiger partial charge >= 0.3 is 11.9 Å². The number of carboxylic acid groups (broad SMARTS) is 1. The lowest BCUT2D eigenvalue weighted by atomic mass is 9.51. The number of aromatic hydroxyl groups is 2. The number of aliphatic carboxylic acids is 1. The molecule has 1 aromatic rings. The third-order valence-corrected chi connectivity index (χ3v) is 10.5. The lowest BCUT2D eigenvalue weighted by Crippen LogP contribution is -2.60. The number of hydrogen-bond donors (Lipinski definition) is 7. The fourth-order valence-electron chi connectivity index (χ4n) is 8.40. The molecule has 3 saturated heterocycles. The second kappa shape index (κ2) is 10.2. The van der Waals surface area contributed by atoms with Crippen LogP contribution in [0.25, 0.3) is 0 Å². The van der Waals surface area contributed by atoms with Crippen LogP contribution in [0.1, 0.15) is 56.3 Å². The van der Waals surface area contributed by atoms with Gasteiger partial charge in [0.1, 0.15) is 35.3 Å². The highest BCUT2D eigenvalue weighted by Crippen LogP contribution is 2.71. The summed E-state index contributed by atoms with van der Waals surface area (Å²) in [7, 11) is 0. The first-order chi connectivity index (χ1) is 20.6. The van der Waals surface area contributed by atoms with E-state index < -0.39 is 76.7 Å². The number of ketones is 1. The van der Waals surface area contributed by atoms with Crippen LogP contribution >= 0.6 is 0 Å². The molecule has 5 fully saturated rings. The van der Waals surface area contributed by atoms with Crippen LogP contribution in [0.5, 0.6) is 11.5 Å². The minimum atomic E-state index is -2.04. The maximum Gasteiger partial charge on any atom is 0.344 e. The molecule has 1 aromatic carbocycles. The van der Waals surface area contributed by atoms with Crippen molar-refractivity contribution in [2.75, 3.05) is 5.32 Å². The van der Waals surface area contributed by atoms with Crippen molar-refractivity contribution in [3.8, 4) is 11.5 Å². The van der Waals surface area contributed by atoms with E-state index >= 15 is 0 Å². The molecule has 44 heavy (non-hydrogen) atoms. The summed E-state index contributed by atoms with van der Waals surface area (Å²) in [5.41, 5.74) is -2.36. The Labute approximate surface area is 251 Å². The van der Waals surface area contributed by atoms with E-state index in [1.54, 1.807) is 6.08 Å². The Hall–Kier alpha value is -3.56. The number of carbonyl (C=O) groups excluding carboxylic acids is 3. The lowest BCUT2D eigenvalue weighted by Gasteiger charge is -2.55. The zero-order valence-corrected chi connectivity index (χ0v) is 24.0. The van der Waals surface area contributed by atoms with Gasteiger partial charge in [-0.05, 0) is 62.1 Å². The number of esters is 1. The van der Waals surface area contributed by atoms with E-state index in [4.69, 9.17) is 14.2 Å². The zero-order chi connectivity index (χ0) is 31.9. The summed E-state index contributed by atoms with van der Waals surface area (Å²) in [5, 5.41) is 62.6. The number of amides is 1. The van der Waals surface area contributed by atoms with Gasteiger partial charge in [0.25, 0.3) is 0 Å². The first-order valence-electron chi connectivity index (χ1n) is 14.5. The summed E-state index contributed by atoms with van der Waals surface area (Å²) in [5.74, 6) is -4.92. The summed E-state index contributed by atoms with van der Waals surface area (Å²) in [6, 6.07) is 1.95. The normalized spacial score (nSPS) is 41.8. The van der Waals surface area contributed by atoms with Crippen molar-refractivity contribution in [3.05, 3.63) is 29.8 Å². The van der Waals surface area contributed by atoms with Gasteiger partial charge in [-0.2, -0.15) is 0 Å². The smallest absolute Gasteiger partial charge is 0.344 e. The number of carboxylic acids is 1. The van der Waals surface area contributed by atoms with Crippen LogP contribution in [-0.2, 0) is 28.6 Å². The van der Waals surface area contributed by atoms with Crippen molar-refractivity contribution in [1.29, 1.82) is 0 Å². The average Bonchev–Trinajstić information content (AvgIpc) is 3.33. The number of phenolic OH excluding ortho intramolecular Hbond substituents is 2. The molecule has 2 saturated carbocycles. The maximum absolute atomic E-state index is 13.3. The highest BCUT2D eigenvalue weighted by atomic mass is 16.7. The molecule has 11 atom stereocenters. The van der Waals surface area contributed by atoms with Gasteiger partial charge in [0.15, 0.2) is 17.6 Å². The van der Waals surface area contributed by atoms with E-state index in [1.807, 2.05) is 13.0 Å². The molecule has 0 radical (unpaired) electrons. The van der Waals surface area contributed by atoms with Crippen molar-refractivity contribution < 1.29 is 64.0 Å². The molecule has 5 unspecified atom stereocenters. The standard InChI is InChI=1S/C30H35NO13/c1-28(16(33)5-8-30-10-12-9-15(24(28)30)44-29(12,2)11-30)7-6-17(34)31-18-14(32)4-3-13(19(18)35)26(41)43-27-22(38)20(36)21(37)23(42-27)25(39)40/h3-5,8,12,15,20-24,27,32,35-38H,6-7,9-11H2,1-2H3,(H,31,34)(H,39,40)/t12-,15+,20?,21?,22?,23?,24+,27?,28-,29+,30+/m1/s1. The lowest BCUT2D eigenvalue weighted by molar-refractivity contribution is -0.278. The first kappa shape index (κ1) is 30.5. The Bertz CT molecular complexity index is 1460. The maximum atomic E-state index is 13.3. The summed E-state index contributed by atoms with van der Waals surface area (Å²) in [6.45, 7) is 3.99. The first-order valence-corrected chi connectivity index (χ1v) is 14.5. The average molecular weight is 618 g/mol. The Morgan fingerprint density at radius 2 is 1.82 bits per heavy atom. The third-order valence-electron chi connectivity index (χ3n) is 10.5. The largest absolute Gasteiger partial charge is 0.506 e. The minimum absolute atomic E-state index is 0.0891. The molecule has 6 aliphatic rings. The number of allylic oxidation sites excluding steroid dienone is 2. The van der Waals surface area contributed by atoms with Crippen LogP contribution in [-0.4, -0.2) is 96.7 Å². The second-order valence-electron chi connectivity index (χ2n) is 13.2. The summed E-state index contributed by atoms with van der Waals surface area (Å²) in [6.07, 6.45) is -3.91. The van der Waals surface area contributed by atoms with Gasteiger partial charge in [-0.3, -0.25) is 9.59 Å². The predicted molar refractivity (Wildman–Crippen MR) is 146 cm³/mol. The molecule has 4 bridgehead atoms. The van der Waals surface area contributed by atoms with E-state index in [9.17, 15) is 49.8 Å². The SMILES string of the molecule is C[C@]12C[C@@]34C=CC(=O)[C@@](C)(CCC(=O)Nc5c(O)ccc(C(=O)OC6OC(C(=O)O)C(O)C(O)C6O)c5O)[C@@H]3[C@H](C[C@@H]1C4)O2. The summed E-state index contributed by atoms with van der Waals surface area (Å²) >= 11 is 0. The Kier molecular flexibility index (Phi) is 7.09. The number of ether oxygens (including phenoxy) is 3. The van der Waals surface area contributed by atoms with Crippen molar-refractivity contribution in [1.82, 2.24) is 0 Å². The highest BCUT2D eigenvalue weighted by Gasteiger charge is 2.71. The van der Waals surface area contributed by atoms with E-state index in [1.165, 1.54) is 0 Å². The van der Waals surface area contributed by atoms with Crippen LogP contribution in [0.3, 0.4) is 0 Å². The van der Waals surface area contributed by atoms with Crippen LogP contribution in [0, 0.1) is 22.7 Å². The molecule has 1 spiro atoms. The van der Waals surface area contributed by atoms with Crippen LogP contribution in [0.4, 0.5) is 5.69 Å². The topological polar surface area (TPSA) is 229 Å². The molecular formula is C30H35NO13. The van der Waals surface area contributed by atoms with Crippen molar-refractivity contribution in [2.24, 2.45) is 22.7 Å². The summed E-state index contributed by atoms with van der Waals surface area (Å²) in [4.78, 5) is 50.5. The molecule has 1 amide bonds. The highest BCUT2D eigenvalue weighted by molar-refractivity contribution is 6.01. The molecule has 3 aliphatic heterocycles. The minimum Gasteiger partial charge on any atom is -0.506 e. The van der Waals surface area contributed by atoms with E-state index in [0.717, 1.165) is 31.4 Å². The van der Waals surface area contributed by atoms with E-state index in [0.29, 0.717) is 5.92 Å². The van der Waals surface area contributed by atoms with Crippen LogP contribution in [0.2, 0.25) is 0 Å². The number of anilines is 1. The number of carbonyl (C=O) groups is 4. The van der Waals surface area contributed by atoms with Gasteiger partial charge in [0, 0.05) is 17.8 Å². The van der Waals surface area contributed by atoms with Gasteiger partial charge in [0.2, 0.25) is 12.2 Å². The van der Waals surface area contributed by atoms with Gasteiger partial charge < -0.3 is 50.2 Å². The molecule has 3 aliphatic carbocycles. The number of nitrogens with one attached hydrogen (secondary N) is 1. The molecule has 14 heteroatoms. The van der Waals surface area contributed by atoms with Crippen LogP contribution < -0.4 is 5.32 Å². The molecule has 3 heterocycles. The number of benzene rings is 1. The van der Waals surface area contributed by atoms with Gasteiger partial charge in [-0.25, -0.2) is 9.59 Å². The Balaban J connectivity index is 1.15. The molecule has 7 rings (SSSR count). The van der Waals surface area contributed by atoms with Crippen molar-refractivity contribution in [3.63, 3.8) is 0 Å². The van der Waals surface area contributed by atoms with E-state index in [-0.39, 0.29) is 41.7 Å². The second-order valence-corrected chi connectivity index (χ2v) is 13.2. The fraction of sp³-hybridized carbons (Fsp3) is 0.600. The fourth-order valence-corrected chi connectivity index (χ4v) is 8.40. The van der Waals surface area contributed by atoms with Gasteiger partial charge in [0.05, 0.1) is 11.7 Å². The molecule has 7 N–H and O–H groups in total. The quantitative estimate of drug-likeness (QED) is 0.164. The van der Waals surface area contributed by atoms with E-state index in [2.05, 4.69) is 12.2 Å². The third kappa shape index (κ3) is 4.50. The zero-order valence-electron chi connectivity index (χ0n) is 24.0. The molecule has 0 aromatic heterocycles. The number of rotatable bonds is 7. The number of aliphatic hydroxyl groups is 3. The number of aliphatic hydroxyl groups excluding tert-OH is 3. The van der Waals surface area contributed by atoms with Gasteiger partial charge in [-0.1, -0.05) is 13.0 Å². The van der Waals surface area contributed by atoms with Crippen LogP contribution in [0.15, 0.2) is 24.3 Å². The predicted octanol–water partition coefficient (Wildman–Crippen LogP) is 0.585. The monoisotopic (exact) mass is 617 g/mol. The molecule has 14 nitrogen and oxygen atoms in total. The Morgan fingerprint density at radius 3 is 2.50 bits per heavy atom. The van der Waals surface area contributed by atoms with Crippen molar-refractivity contribution in [2.45, 2.75) is 88.4 Å². The summed E-state index contributed by atoms with van der Waals surface area (Å²) < 4.78 is 16.3. The number of hydrogen-bond acceptors (Lipinski definition) is 12. The molecular weight excluding hydrogens is 582 g/mol. The molecule has 238 valence electrons.